The van der Waals surface area contributed by atoms with Crippen molar-refractivity contribution < 1.29 is 9.90 Å². The van der Waals surface area contributed by atoms with E-state index in [9.17, 15) is 9.90 Å². The molecule has 0 bridgehead atoms. The van der Waals surface area contributed by atoms with Gasteiger partial charge in [-0.2, -0.15) is 0 Å². The van der Waals surface area contributed by atoms with Crippen LogP contribution in [0.25, 0.3) is 0 Å². The van der Waals surface area contributed by atoms with Crippen LogP contribution in [0.15, 0.2) is 0 Å². The molecule has 2 heteroatoms. The predicted molar refractivity (Wildman–Crippen MR) is 32.6 cm³/mol. The van der Waals surface area contributed by atoms with Crippen LogP contribution in [0.3, 0.4) is 0 Å². The van der Waals surface area contributed by atoms with Gasteiger partial charge in [0.15, 0.2) is 11.4 Å². The lowest BCUT2D eigenvalue weighted by Crippen LogP contribution is -2.30. The molecule has 1 aliphatic rings. The van der Waals surface area contributed by atoms with E-state index in [1.807, 2.05) is 0 Å². The molecule has 0 radical (unpaired) electrons. The van der Waals surface area contributed by atoms with E-state index in [1.54, 1.807) is 0 Å². The van der Waals surface area contributed by atoms with Crippen LogP contribution >= 0.6 is 0 Å². The first-order chi connectivity index (χ1) is 4.19. The van der Waals surface area contributed by atoms with Crippen LogP contribution in [0, 0.1) is 12.3 Å². The molecular weight excluding hydrogens is 116 g/mol. The largest absolute Gasteiger partial charge is 0.371 e. The Morgan fingerprint density at radius 2 is 2.44 bits per heavy atom. The highest BCUT2D eigenvalue weighted by atomic mass is 16.3. The Balaban J connectivity index is 2.82. The second-order valence-electron chi connectivity index (χ2n) is 2.28. The highest BCUT2D eigenvalue weighted by Gasteiger charge is 2.37. The van der Waals surface area contributed by atoms with Gasteiger partial charge in [-0.15, -0.1) is 6.42 Å². The SMILES string of the molecule is C#C[C@@]1(O)CCCC1=O. The summed E-state index contributed by atoms with van der Waals surface area (Å²) in [7, 11) is 0. The van der Waals surface area contributed by atoms with Gasteiger partial charge in [0.25, 0.3) is 0 Å². The van der Waals surface area contributed by atoms with Gasteiger partial charge in [-0.3, -0.25) is 4.79 Å². The lowest BCUT2D eigenvalue weighted by molar-refractivity contribution is -0.128. The summed E-state index contributed by atoms with van der Waals surface area (Å²) >= 11 is 0. The zero-order valence-electron chi connectivity index (χ0n) is 5.05. The number of hydrogen-bond donors (Lipinski definition) is 1. The minimum atomic E-state index is -1.42. The molecule has 9 heavy (non-hydrogen) atoms. The number of hydrogen-bond acceptors (Lipinski definition) is 2. The van der Waals surface area contributed by atoms with Crippen molar-refractivity contribution >= 4 is 5.78 Å². The maximum absolute atomic E-state index is 10.7. The molecule has 48 valence electrons. The lowest BCUT2D eigenvalue weighted by Gasteiger charge is -2.10. The third-order valence-electron chi connectivity index (χ3n) is 1.64. The van der Waals surface area contributed by atoms with Crippen molar-refractivity contribution in [2.24, 2.45) is 0 Å². The highest BCUT2D eigenvalue weighted by molar-refractivity contribution is 5.92. The average molecular weight is 124 g/mol. The third-order valence-corrected chi connectivity index (χ3v) is 1.64. The van der Waals surface area contributed by atoms with E-state index >= 15 is 0 Å². The summed E-state index contributed by atoms with van der Waals surface area (Å²) in [5.74, 6) is 1.89. The number of aliphatic hydroxyl groups is 1. The molecule has 0 aromatic heterocycles. The second kappa shape index (κ2) is 1.85. The molecule has 1 fully saturated rings. The Morgan fingerprint density at radius 1 is 1.78 bits per heavy atom. The fraction of sp³-hybridized carbons (Fsp3) is 0.571. The van der Waals surface area contributed by atoms with Crippen LogP contribution in [0.4, 0.5) is 0 Å². The molecule has 0 amide bonds. The number of ketones is 1. The van der Waals surface area contributed by atoms with E-state index in [1.165, 1.54) is 0 Å². The van der Waals surface area contributed by atoms with E-state index in [0.29, 0.717) is 12.8 Å². The quantitative estimate of drug-likeness (QED) is 0.465. The molecule has 0 saturated heterocycles. The fourth-order valence-corrected chi connectivity index (χ4v) is 1.00. The van der Waals surface area contributed by atoms with Crippen LogP contribution in [-0.4, -0.2) is 16.5 Å². The van der Waals surface area contributed by atoms with Crippen molar-refractivity contribution in [2.75, 3.05) is 0 Å². The molecule has 1 aliphatic carbocycles. The highest BCUT2D eigenvalue weighted by Crippen LogP contribution is 2.24. The van der Waals surface area contributed by atoms with Crippen LogP contribution in [0.2, 0.25) is 0 Å². The zero-order chi connectivity index (χ0) is 6.91. The second-order valence-corrected chi connectivity index (χ2v) is 2.28. The lowest BCUT2D eigenvalue weighted by atomic mass is 10.0. The van der Waals surface area contributed by atoms with Crippen molar-refractivity contribution in [3.8, 4) is 12.3 Å². The smallest absolute Gasteiger partial charge is 0.183 e. The number of Topliss-reactive ketones (excluding diaryl/α,β-unsaturated/α-hetero) is 1. The van der Waals surface area contributed by atoms with E-state index in [2.05, 4.69) is 5.92 Å². The van der Waals surface area contributed by atoms with E-state index < -0.39 is 5.60 Å². The minimum Gasteiger partial charge on any atom is -0.371 e. The molecule has 1 rings (SSSR count). The van der Waals surface area contributed by atoms with Gasteiger partial charge in [0.1, 0.15) is 0 Å². The first kappa shape index (κ1) is 6.31. The van der Waals surface area contributed by atoms with Crippen LogP contribution in [0.5, 0.6) is 0 Å². The van der Waals surface area contributed by atoms with Gasteiger partial charge in [0.2, 0.25) is 0 Å². The molecule has 0 unspecified atom stereocenters. The molecule has 2 nitrogen and oxygen atoms in total. The first-order valence-corrected chi connectivity index (χ1v) is 2.92. The number of carbonyl (C=O) groups is 1. The topological polar surface area (TPSA) is 37.3 Å². The van der Waals surface area contributed by atoms with Crippen molar-refractivity contribution in [1.82, 2.24) is 0 Å². The molecule has 1 atom stereocenters. The van der Waals surface area contributed by atoms with Crippen molar-refractivity contribution in [1.29, 1.82) is 0 Å². The molecule has 0 spiro atoms. The molecule has 0 aromatic rings. The fourth-order valence-electron chi connectivity index (χ4n) is 1.00. The van der Waals surface area contributed by atoms with E-state index in [-0.39, 0.29) is 5.78 Å². The van der Waals surface area contributed by atoms with Gasteiger partial charge in [-0.1, -0.05) is 5.92 Å². The van der Waals surface area contributed by atoms with Crippen LogP contribution < -0.4 is 0 Å². The summed E-state index contributed by atoms with van der Waals surface area (Å²) in [5.41, 5.74) is -1.42. The van der Waals surface area contributed by atoms with Crippen LogP contribution in [0.1, 0.15) is 19.3 Å². The summed E-state index contributed by atoms with van der Waals surface area (Å²) in [4.78, 5) is 10.7. The van der Waals surface area contributed by atoms with Gasteiger partial charge in [-0.25, -0.2) is 0 Å². The Bertz CT molecular complexity index is 178. The summed E-state index contributed by atoms with van der Waals surface area (Å²) in [6.07, 6.45) is 6.52. The van der Waals surface area contributed by atoms with Gasteiger partial charge >= 0.3 is 0 Å². The summed E-state index contributed by atoms with van der Waals surface area (Å²) in [6, 6.07) is 0. The van der Waals surface area contributed by atoms with E-state index in [4.69, 9.17) is 6.42 Å². The van der Waals surface area contributed by atoms with Gasteiger partial charge in [-0.05, 0) is 12.8 Å². The average Bonchev–Trinajstić information content (AvgIpc) is 2.15. The number of terminal acetylenes is 1. The standard InChI is InChI=1S/C7H8O2/c1-2-7(9)5-3-4-6(7)8/h1,9H,3-5H2/t7-/m1/s1. The molecule has 1 saturated carbocycles. The number of carbonyl (C=O) groups excluding carboxylic acids is 1. The molecule has 0 aromatic carbocycles. The van der Waals surface area contributed by atoms with Crippen molar-refractivity contribution in [3.05, 3.63) is 0 Å². The van der Waals surface area contributed by atoms with Gasteiger partial charge in [0, 0.05) is 6.42 Å². The molecule has 0 heterocycles. The monoisotopic (exact) mass is 124 g/mol. The predicted octanol–water partition coefficient (Wildman–Crippen LogP) is 0.104. The maximum Gasteiger partial charge on any atom is 0.183 e. The summed E-state index contributed by atoms with van der Waals surface area (Å²) in [5, 5.41) is 9.18. The Labute approximate surface area is 53.9 Å². The van der Waals surface area contributed by atoms with Crippen LogP contribution in [-0.2, 0) is 4.79 Å². The Hall–Kier alpha value is -0.810. The Morgan fingerprint density at radius 3 is 2.67 bits per heavy atom. The van der Waals surface area contributed by atoms with Crippen molar-refractivity contribution in [2.45, 2.75) is 24.9 Å². The maximum atomic E-state index is 10.7. The minimum absolute atomic E-state index is 0.204. The number of rotatable bonds is 0. The summed E-state index contributed by atoms with van der Waals surface area (Å²) in [6.45, 7) is 0. The van der Waals surface area contributed by atoms with Crippen molar-refractivity contribution in [3.63, 3.8) is 0 Å². The molecule has 0 aliphatic heterocycles. The van der Waals surface area contributed by atoms with Gasteiger partial charge in [0.05, 0.1) is 0 Å². The normalized spacial score (nSPS) is 34.4. The summed E-state index contributed by atoms with van der Waals surface area (Å²) < 4.78 is 0. The molecular formula is C7H8O2. The first-order valence-electron chi connectivity index (χ1n) is 2.92. The molecule has 1 N–H and O–H groups in total. The zero-order valence-corrected chi connectivity index (χ0v) is 5.05. The Kier molecular flexibility index (Phi) is 1.30. The van der Waals surface area contributed by atoms with Gasteiger partial charge < -0.3 is 5.11 Å². The third kappa shape index (κ3) is 0.839. The van der Waals surface area contributed by atoms with E-state index in [0.717, 1.165) is 6.42 Å².